The van der Waals surface area contributed by atoms with Crippen LogP contribution in [0.25, 0.3) is 11.1 Å². The normalized spacial score (nSPS) is 14.4. The fraction of sp³-hybridized carbons (Fsp3) is 0.368. The molecule has 0 heterocycles. The first kappa shape index (κ1) is 14.2. The second kappa shape index (κ2) is 6.31. The van der Waals surface area contributed by atoms with Gasteiger partial charge in [0.15, 0.2) is 0 Å². The Balaban J connectivity index is 1.64. The molecule has 0 saturated heterocycles. The largest absolute Gasteiger partial charge is 0.491 e. The molecule has 0 spiro atoms. The first-order valence-electron chi connectivity index (χ1n) is 7.80. The van der Waals surface area contributed by atoms with Crippen LogP contribution in [0.5, 0.6) is 5.75 Å². The molecule has 2 nitrogen and oxygen atoms in total. The summed E-state index contributed by atoms with van der Waals surface area (Å²) in [5, 5.41) is 3.54. The summed E-state index contributed by atoms with van der Waals surface area (Å²) in [5.41, 5.74) is 3.83. The smallest absolute Gasteiger partial charge is 0.119 e. The molecule has 0 amide bonds. The number of hydrogen-bond acceptors (Lipinski definition) is 2. The predicted octanol–water partition coefficient (Wildman–Crippen LogP) is 4.39. The minimum absolute atomic E-state index is 0.217. The molecule has 110 valence electrons. The van der Waals surface area contributed by atoms with Crippen LogP contribution in [0, 0.1) is 0 Å². The van der Waals surface area contributed by atoms with Crippen molar-refractivity contribution in [3.63, 3.8) is 0 Å². The van der Waals surface area contributed by atoms with Gasteiger partial charge in [-0.05, 0) is 55.5 Å². The van der Waals surface area contributed by atoms with Crippen molar-refractivity contribution in [1.82, 2.24) is 5.32 Å². The quantitative estimate of drug-likeness (QED) is 0.847. The Morgan fingerprint density at radius 2 is 1.52 bits per heavy atom. The number of hydrogen-bond donors (Lipinski definition) is 1. The van der Waals surface area contributed by atoms with Gasteiger partial charge in [-0.3, -0.25) is 0 Å². The number of rotatable bonds is 6. The van der Waals surface area contributed by atoms with E-state index in [-0.39, 0.29) is 6.10 Å². The average Bonchev–Trinajstić information content (AvgIpc) is 3.30. The van der Waals surface area contributed by atoms with Gasteiger partial charge in [0.25, 0.3) is 0 Å². The first-order valence-corrected chi connectivity index (χ1v) is 7.80. The molecule has 2 heteroatoms. The molecular weight excluding hydrogens is 258 g/mol. The summed E-state index contributed by atoms with van der Waals surface area (Å²) in [4.78, 5) is 0. The molecular formula is C19H23NO. The van der Waals surface area contributed by atoms with E-state index in [9.17, 15) is 0 Å². The molecule has 0 radical (unpaired) electrons. The van der Waals surface area contributed by atoms with Gasteiger partial charge in [0.2, 0.25) is 0 Å². The second-order valence-corrected chi connectivity index (χ2v) is 6.04. The lowest BCUT2D eigenvalue weighted by Crippen LogP contribution is -2.14. The second-order valence-electron chi connectivity index (χ2n) is 6.04. The molecule has 2 aromatic rings. The maximum Gasteiger partial charge on any atom is 0.119 e. The number of ether oxygens (including phenoxy) is 1. The maximum atomic E-state index is 5.68. The lowest BCUT2D eigenvalue weighted by molar-refractivity contribution is 0.242. The topological polar surface area (TPSA) is 21.3 Å². The van der Waals surface area contributed by atoms with Crippen LogP contribution < -0.4 is 10.1 Å². The van der Waals surface area contributed by atoms with Gasteiger partial charge < -0.3 is 10.1 Å². The van der Waals surface area contributed by atoms with Crippen LogP contribution in [0.2, 0.25) is 0 Å². The molecule has 1 saturated carbocycles. The molecule has 1 aliphatic carbocycles. The third-order valence-electron chi connectivity index (χ3n) is 3.69. The summed E-state index contributed by atoms with van der Waals surface area (Å²) in [6.45, 7) is 5.07. The van der Waals surface area contributed by atoms with Gasteiger partial charge in [-0.2, -0.15) is 0 Å². The van der Waals surface area contributed by atoms with Crippen LogP contribution in [-0.2, 0) is 6.54 Å². The van der Waals surface area contributed by atoms with Crippen LogP contribution in [0.4, 0.5) is 0 Å². The highest BCUT2D eigenvalue weighted by Gasteiger charge is 2.19. The van der Waals surface area contributed by atoms with Crippen molar-refractivity contribution in [2.75, 3.05) is 0 Å². The van der Waals surface area contributed by atoms with Crippen LogP contribution in [0.3, 0.4) is 0 Å². The zero-order valence-electron chi connectivity index (χ0n) is 12.8. The van der Waals surface area contributed by atoms with Gasteiger partial charge in [0.05, 0.1) is 6.10 Å². The van der Waals surface area contributed by atoms with Crippen molar-refractivity contribution in [3.8, 4) is 16.9 Å². The SMILES string of the molecule is CC(C)Oc1ccc(-c2ccc(CNC3CC3)cc2)cc1. The van der Waals surface area contributed by atoms with Crippen LogP contribution in [-0.4, -0.2) is 12.1 Å². The summed E-state index contributed by atoms with van der Waals surface area (Å²) in [6.07, 6.45) is 2.89. The fourth-order valence-corrected chi connectivity index (χ4v) is 2.36. The van der Waals surface area contributed by atoms with E-state index >= 15 is 0 Å². The van der Waals surface area contributed by atoms with Crippen LogP contribution >= 0.6 is 0 Å². The van der Waals surface area contributed by atoms with Crippen molar-refractivity contribution in [2.45, 2.75) is 45.4 Å². The van der Waals surface area contributed by atoms with E-state index in [2.05, 4.69) is 41.7 Å². The predicted molar refractivity (Wildman–Crippen MR) is 87.5 cm³/mol. The van der Waals surface area contributed by atoms with E-state index in [0.717, 1.165) is 18.3 Å². The van der Waals surface area contributed by atoms with Crippen molar-refractivity contribution >= 4 is 0 Å². The number of benzene rings is 2. The molecule has 3 rings (SSSR count). The molecule has 21 heavy (non-hydrogen) atoms. The van der Waals surface area contributed by atoms with Gasteiger partial charge in [-0.15, -0.1) is 0 Å². The van der Waals surface area contributed by atoms with E-state index in [1.165, 1.54) is 29.5 Å². The van der Waals surface area contributed by atoms with E-state index in [1.807, 2.05) is 26.0 Å². The van der Waals surface area contributed by atoms with Crippen molar-refractivity contribution in [3.05, 3.63) is 54.1 Å². The highest BCUT2D eigenvalue weighted by atomic mass is 16.5. The standard InChI is InChI=1S/C19H23NO/c1-14(2)21-19-11-7-17(8-12-19)16-5-3-15(4-6-16)13-20-18-9-10-18/h3-8,11-12,14,18,20H,9-10,13H2,1-2H3. The molecule has 0 unspecified atom stereocenters. The molecule has 1 fully saturated rings. The Hall–Kier alpha value is -1.80. The Morgan fingerprint density at radius 3 is 2.05 bits per heavy atom. The van der Waals surface area contributed by atoms with Gasteiger partial charge >= 0.3 is 0 Å². The summed E-state index contributed by atoms with van der Waals surface area (Å²) in [5.74, 6) is 0.930. The van der Waals surface area contributed by atoms with Gasteiger partial charge in [-0.1, -0.05) is 36.4 Å². The molecule has 0 aromatic heterocycles. The number of nitrogens with one attached hydrogen (secondary N) is 1. The van der Waals surface area contributed by atoms with Gasteiger partial charge in [0.1, 0.15) is 5.75 Å². The highest BCUT2D eigenvalue weighted by Crippen LogP contribution is 2.24. The van der Waals surface area contributed by atoms with E-state index in [4.69, 9.17) is 4.74 Å². The summed E-state index contributed by atoms with van der Waals surface area (Å²) < 4.78 is 5.68. The van der Waals surface area contributed by atoms with Gasteiger partial charge in [0, 0.05) is 12.6 Å². The maximum absolute atomic E-state index is 5.68. The Bertz CT molecular complexity index is 568. The molecule has 1 aliphatic rings. The minimum Gasteiger partial charge on any atom is -0.491 e. The molecule has 0 atom stereocenters. The van der Waals surface area contributed by atoms with E-state index < -0.39 is 0 Å². The average molecular weight is 281 g/mol. The Morgan fingerprint density at radius 1 is 0.952 bits per heavy atom. The van der Waals surface area contributed by atoms with Crippen molar-refractivity contribution in [1.29, 1.82) is 0 Å². The molecule has 1 N–H and O–H groups in total. The van der Waals surface area contributed by atoms with Crippen LogP contribution in [0.1, 0.15) is 32.3 Å². The summed E-state index contributed by atoms with van der Waals surface area (Å²) in [6, 6.07) is 17.9. The molecule has 0 aliphatic heterocycles. The first-order chi connectivity index (χ1) is 10.2. The lowest BCUT2D eigenvalue weighted by atomic mass is 10.0. The van der Waals surface area contributed by atoms with E-state index in [0.29, 0.717) is 0 Å². The van der Waals surface area contributed by atoms with Crippen molar-refractivity contribution < 1.29 is 4.74 Å². The van der Waals surface area contributed by atoms with Gasteiger partial charge in [-0.25, -0.2) is 0 Å². The Kier molecular flexibility index (Phi) is 4.26. The Labute approximate surface area is 127 Å². The molecule has 0 bridgehead atoms. The monoisotopic (exact) mass is 281 g/mol. The zero-order valence-corrected chi connectivity index (χ0v) is 12.8. The van der Waals surface area contributed by atoms with Crippen LogP contribution in [0.15, 0.2) is 48.5 Å². The zero-order chi connectivity index (χ0) is 14.7. The summed E-state index contributed by atoms with van der Waals surface area (Å²) in [7, 11) is 0. The summed E-state index contributed by atoms with van der Waals surface area (Å²) >= 11 is 0. The fourth-order valence-electron chi connectivity index (χ4n) is 2.36. The molecule has 2 aromatic carbocycles. The lowest BCUT2D eigenvalue weighted by Gasteiger charge is -2.10. The highest BCUT2D eigenvalue weighted by molar-refractivity contribution is 5.64. The minimum atomic E-state index is 0.217. The van der Waals surface area contributed by atoms with Crippen molar-refractivity contribution in [2.24, 2.45) is 0 Å². The van der Waals surface area contributed by atoms with E-state index in [1.54, 1.807) is 0 Å². The third kappa shape index (κ3) is 4.08. The third-order valence-corrected chi connectivity index (χ3v) is 3.69.